The molecule has 1 aromatic heterocycles. The second kappa shape index (κ2) is 9.01. The first-order valence-electron chi connectivity index (χ1n) is 10.3. The lowest BCUT2D eigenvalue weighted by molar-refractivity contribution is -0.160. The molecular formula is C21H32N2O4S. The molecule has 2 aliphatic carbocycles. The molecule has 2 atom stereocenters. The number of carboxylic acids is 1. The van der Waals surface area contributed by atoms with Gasteiger partial charge in [0.25, 0.3) is 0 Å². The number of aliphatic carboxylic acids is 1. The van der Waals surface area contributed by atoms with E-state index in [1.807, 2.05) is 6.92 Å². The van der Waals surface area contributed by atoms with Crippen molar-refractivity contribution in [3.63, 3.8) is 0 Å². The van der Waals surface area contributed by atoms with E-state index < -0.39 is 17.6 Å². The molecule has 28 heavy (non-hydrogen) atoms. The number of carbonyl (C=O) groups is 1. The second-order valence-corrected chi connectivity index (χ2v) is 9.54. The maximum atomic E-state index is 11.8. The number of aliphatic hydroxyl groups is 1. The summed E-state index contributed by atoms with van der Waals surface area (Å²) in [4.78, 5) is 16.0. The Kier molecular flexibility index (Phi) is 6.89. The lowest BCUT2D eigenvalue weighted by Crippen LogP contribution is -2.57. The van der Waals surface area contributed by atoms with Gasteiger partial charge in [-0.05, 0) is 62.2 Å². The Bertz CT molecular complexity index is 672. The molecule has 0 aromatic carbocycles. The van der Waals surface area contributed by atoms with Crippen molar-refractivity contribution in [2.24, 2.45) is 11.1 Å². The maximum absolute atomic E-state index is 11.8. The maximum Gasteiger partial charge on any atom is 0.337 e. The zero-order valence-electron chi connectivity index (χ0n) is 16.6. The summed E-state index contributed by atoms with van der Waals surface area (Å²) in [6.45, 7) is 2.05. The van der Waals surface area contributed by atoms with Gasteiger partial charge in [-0.3, -0.25) is 4.98 Å². The van der Waals surface area contributed by atoms with E-state index in [0.29, 0.717) is 22.6 Å². The summed E-state index contributed by atoms with van der Waals surface area (Å²) in [5, 5.41) is 20.4. The highest BCUT2D eigenvalue weighted by Gasteiger charge is 2.45. The number of hydrogen-bond acceptors (Lipinski definition) is 6. The predicted molar refractivity (Wildman–Crippen MR) is 111 cm³/mol. The minimum Gasteiger partial charge on any atom is -0.490 e. The summed E-state index contributed by atoms with van der Waals surface area (Å²) in [7, 11) is 0. The Morgan fingerprint density at radius 3 is 2.75 bits per heavy atom. The molecule has 2 aliphatic rings. The van der Waals surface area contributed by atoms with Gasteiger partial charge in [-0.25, -0.2) is 4.79 Å². The van der Waals surface area contributed by atoms with Crippen LogP contribution in [0.15, 0.2) is 18.3 Å². The van der Waals surface area contributed by atoms with Crippen LogP contribution in [0.1, 0.15) is 57.6 Å². The number of thioether (sulfide) groups is 1. The molecule has 1 heterocycles. The van der Waals surface area contributed by atoms with Crippen LogP contribution in [-0.4, -0.2) is 50.4 Å². The van der Waals surface area contributed by atoms with Gasteiger partial charge in [-0.15, -0.1) is 0 Å². The average Bonchev–Trinajstić information content (AvgIpc) is 3.43. The van der Waals surface area contributed by atoms with Crippen LogP contribution < -0.4 is 10.5 Å². The SMILES string of the molecule is CCCSCC(N)C(O)(Cc1cc(OC2CCC3(CC2)CC3)ccn1)C(=O)O. The van der Waals surface area contributed by atoms with Gasteiger partial charge in [-0.2, -0.15) is 11.8 Å². The molecule has 0 amide bonds. The van der Waals surface area contributed by atoms with Crippen molar-refractivity contribution in [1.29, 1.82) is 0 Å². The lowest BCUT2D eigenvalue weighted by atomic mass is 9.85. The highest BCUT2D eigenvalue weighted by Crippen LogP contribution is 2.56. The van der Waals surface area contributed by atoms with Gasteiger partial charge in [0.1, 0.15) is 5.75 Å². The van der Waals surface area contributed by atoms with E-state index in [2.05, 4.69) is 4.98 Å². The van der Waals surface area contributed by atoms with Crippen molar-refractivity contribution in [1.82, 2.24) is 4.98 Å². The monoisotopic (exact) mass is 408 g/mol. The van der Waals surface area contributed by atoms with E-state index >= 15 is 0 Å². The molecule has 2 saturated carbocycles. The van der Waals surface area contributed by atoms with E-state index in [0.717, 1.165) is 25.0 Å². The van der Waals surface area contributed by atoms with Crippen LogP contribution in [0.2, 0.25) is 0 Å². The van der Waals surface area contributed by atoms with Gasteiger partial charge in [0, 0.05) is 30.1 Å². The van der Waals surface area contributed by atoms with Crippen LogP contribution in [0.25, 0.3) is 0 Å². The summed E-state index contributed by atoms with van der Waals surface area (Å²) in [6, 6.07) is 2.66. The Labute approximate surface area is 171 Å². The van der Waals surface area contributed by atoms with E-state index in [4.69, 9.17) is 10.5 Å². The molecule has 1 spiro atoms. The standard InChI is InChI=1S/C21H32N2O4S/c1-2-11-28-14-18(22)21(26,19(24)25)13-15-12-17(5-10-23-15)27-16-3-6-20(7-4-16)8-9-20/h5,10,12,16,18,26H,2-4,6-9,11,13-14,22H2,1H3,(H,24,25). The largest absolute Gasteiger partial charge is 0.490 e. The minimum atomic E-state index is -2.05. The molecule has 4 N–H and O–H groups in total. The van der Waals surface area contributed by atoms with Gasteiger partial charge < -0.3 is 20.7 Å². The number of pyridine rings is 1. The Hall–Kier alpha value is -1.31. The van der Waals surface area contributed by atoms with Crippen molar-refractivity contribution < 1.29 is 19.7 Å². The van der Waals surface area contributed by atoms with Crippen molar-refractivity contribution in [2.75, 3.05) is 11.5 Å². The third-order valence-electron chi connectivity index (χ3n) is 6.12. The second-order valence-electron chi connectivity index (χ2n) is 8.39. The van der Waals surface area contributed by atoms with E-state index in [1.54, 1.807) is 30.1 Å². The average molecular weight is 409 g/mol. The number of hydrogen-bond donors (Lipinski definition) is 3. The Morgan fingerprint density at radius 2 is 2.14 bits per heavy atom. The Morgan fingerprint density at radius 1 is 1.43 bits per heavy atom. The van der Waals surface area contributed by atoms with Crippen molar-refractivity contribution in [3.05, 3.63) is 24.0 Å². The van der Waals surface area contributed by atoms with Gasteiger partial charge in [-0.1, -0.05) is 6.92 Å². The highest BCUT2D eigenvalue weighted by atomic mass is 32.2. The number of carboxylic acid groups (broad SMARTS) is 1. The van der Waals surface area contributed by atoms with Crippen LogP contribution in [0.5, 0.6) is 5.75 Å². The minimum absolute atomic E-state index is 0.138. The van der Waals surface area contributed by atoms with Gasteiger partial charge in [0.05, 0.1) is 12.1 Å². The molecule has 3 rings (SSSR count). The summed E-state index contributed by atoms with van der Waals surface area (Å²) in [6.07, 6.45) is 9.98. The topological polar surface area (TPSA) is 106 Å². The van der Waals surface area contributed by atoms with Crippen molar-refractivity contribution >= 4 is 17.7 Å². The lowest BCUT2D eigenvalue weighted by Gasteiger charge is -2.30. The summed E-state index contributed by atoms with van der Waals surface area (Å²) < 4.78 is 6.13. The molecule has 0 bridgehead atoms. The molecule has 0 radical (unpaired) electrons. The highest BCUT2D eigenvalue weighted by molar-refractivity contribution is 7.99. The fourth-order valence-corrected chi connectivity index (χ4v) is 4.94. The molecule has 0 aliphatic heterocycles. The predicted octanol–water partition coefficient (Wildman–Crippen LogP) is 3.01. The zero-order chi connectivity index (χ0) is 20.2. The number of nitrogens with zero attached hydrogens (tertiary/aromatic N) is 1. The fourth-order valence-electron chi connectivity index (χ4n) is 3.95. The third kappa shape index (κ3) is 5.19. The zero-order valence-corrected chi connectivity index (χ0v) is 17.4. The molecule has 6 nitrogen and oxygen atoms in total. The first-order chi connectivity index (χ1) is 13.4. The fraction of sp³-hybridized carbons (Fsp3) is 0.714. The molecule has 1 aromatic rings. The van der Waals surface area contributed by atoms with Crippen LogP contribution in [0.3, 0.4) is 0 Å². The Balaban J connectivity index is 1.61. The van der Waals surface area contributed by atoms with E-state index in [1.165, 1.54) is 25.7 Å². The van der Waals surface area contributed by atoms with Crippen LogP contribution >= 0.6 is 11.8 Å². The smallest absolute Gasteiger partial charge is 0.337 e. The number of rotatable bonds is 10. The van der Waals surface area contributed by atoms with Gasteiger partial charge >= 0.3 is 5.97 Å². The van der Waals surface area contributed by atoms with E-state index in [-0.39, 0.29) is 12.5 Å². The number of aromatic nitrogens is 1. The van der Waals surface area contributed by atoms with E-state index in [9.17, 15) is 15.0 Å². The molecule has 2 fully saturated rings. The third-order valence-corrected chi connectivity index (χ3v) is 7.41. The summed E-state index contributed by atoms with van der Waals surface area (Å²) >= 11 is 1.55. The van der Waals surface area contributed by atoms with Crippen LogP contribution in [-0.2, 0) is 11.2 Å². The quantitative estimate of drug-likeness (QED) is 0.511. The molecule has 2 unspecified atom stereocenters. The van der Waals surface area contributed by atoms with Crippen molar-refractivity contribution in [3.8, 4) is 5.75 Å². The molecule has 156 valence electrons. The summed E-state index contributed by atoms with van der Waals surface area (Å²) in [5.74, 6) is 0.639. The summed E-state index contributed by atoms with van der Waals surface area (Å²) in [5.41, 5.74) is 5.10. The van der Waals surface area contributed by atoms with Crippen LogP contribution in [0.4, 0.5) is 0 Å². The number of ether oxygens (including phenoxy) is 1. The molecule has 7 heteroatoms. The van der Waals surface area contributed by atoms with Gasteiger partial charge in [0.2, 0.25) is 0 Å². The van der Waals surface area contributed by atoms with Crippen LogP contribution in [0, 0.1) is 5.41 Å². The first-order valence-corrected chi connectivity index (χ1v) is 11.4. The van der Waals surface area contributed by atoms with Gasteiger partial charge in [0.15, 0.2) is 5.60 Å². The molecule has 0 saturated heterocycles. The molecular weight excluding hydrogens is 376 g/mol. The number of nitrogens with two attached hydrogens (primary N) is 1. The normalized spacial score (nSPS) is 21.8. The first kappa shape index (κ1) is 21.4. The van der Waals surface area contributed by atoms with Crippen molar-refractivity contribution in [2.45, 2.75) is 76.0 Å².